The molecular formula is C25H18F4N2O2. The summed E-state index contributed by atoms with van der Waals surface area (Å²) in [6.07, 6.45) is -4.58. The molecule has 0 fully saturated rings. The van der Waals surface area contributed by atoms with Gasteiger partial charge >= 0.3 is 6.18 Å². The van der Waals surface area contributed by atoms with E-state index in [-0.39, 0.29) is 22.5 Å². The van der Waals surface area contributed by atoms with E-state index in [1.807, 2.05) is 13.0 Å². The Morgan fingerprint density at radius 2 is 1.55 bits per heavy atom. The second-order valence-corrected chi connectivity index (χ2v) is 7.70. The number of benzene rings is 3. The van der Waals surface area contributed by atoms with Crippen LogP contribution in [0.2, 0.25) is 0 Å². The van der Waals surface area contributed by atoms with Gasteiger partial charge in [-0.05, 0) is 66.9 Å². The summed E-state index contributed by atoms with van der Waals surface area (Å²) in [5.41, 5.74) is 0.954. The fraction of sp³-hybridized carbons (Fsp3) is 0.120. The number of nitrogens with zero attached hydrogens (tertiary/aromatic N) is 1. The minimum Gasteiger partial charge on any atom is -0.350 e. The van der Waals surface area contributed by atoms with Gasteiger partial charge in [-0.25, -0.2) is 9.29 Å². The molecule has 3 aromatic carbocycles. The monoisotopic (exact) mass is 454 g/mol. The van der Waals surface area contributed by atoms with Crippen molar-refractivity contribution >= 4 is 28.8 Å². The molecule has 168 valence electrons. The molecule has 0 saturated heterocycles. The van der Waals surface area contributed by atoms with Crippen LogP contribution in [0.5, 0.6) is 0 Å². The summed E-state index contributed by atoms with van der Waals surface area (Å²) < 4.78 is 53.0. The standard InChI is InChI=1S/C25H18F4N2O2/c1-14-6-7-15(2)20(12-14)31-23(32)21(16-8-10-18(26)11-9-16)22(24(31)33)30-19-5-3-4-17(13-19)25(27,28)29/h3-13,30H,1-2H3. The highest BCUT2D eigenvalue weighted by atomic mass is 19.4. The van der Waals surface area contributed by atoms with Gasteiger partial charge in [0.2, 0.25) is 0 Å². The first-order valence-corrected chi connectivity index (χ1v) is 9.97. The van der Waals surface area contributed by atoms with Crippen molar-refractivity contribution in [3.05, 3.63) is 100 Å². The van der Waals surface area contributed by atoms with Crippen molar-refractivity contribution in [3.8, 4) is 0 Å². The Morgan fingerprint density at radius 3 is 2.21 bits per heavy atom. The predicted octanol–water partition coefficient (Wildman–Crippen LogP) is 5.86. The second kappa shape index (κ2) is 8.20. The summed E-state index contributed by atoms with van der Waals surface area (Å²) in [6, 6.07) is 14.6. The van der Waals surface area contributed by atoms with Gasteiger partial charge in [-0.2, -0.15) is 13.2 Å². The number of anilines is 2. The number of alkyl halides is 3. The van der Waals surface area contributed by atoms with E-state index in [1.54, 1.807) is 19.1 Å². The first kappa shape index (κ1) is 22.3. The lowest BCUT2D eigenvalue weighted by Crippen LogP contribution is -2.33. The Hall–Kier alpha value is -3.94. The molecule has 0 saturated carbocycles. The number of amides is 2. The first-order chi connectivity index (χ1) is 15.6. The van der Waals surface area contributed by atoms with Gasteiger partial charge in [-0.3, -0.25) is 9.59 Å². The zero-order valence-electron chi connectivity index (χ0n) is 17.6. The summed E-state index contributed by atoms with van der Waals surface area (Å²) in [7, 11) is 0. The summed E-state index contributed by atoms with van der Waals surface area (Å²) in [6.45, 7) is 3.55. The highest BCUT2D eigenvalue weighted by molar-refractivity contribution is 6.46. The van der Waals surface area contributed by atoms with Gasteiger partial charge in [-0.1, -0.05) is 30.3 Å². The topological polar surface area (TPSA) is 49.4 Å². The average molecular weight is 454 g/mol. The smallest absolute Gasteiger partial charge is 0.350 e. The van der Waals surface area contributed by atoms with Crippen molar-refractivity contribution in [2.75, 3.05) is 10.2 Å². The van der Waals surface area contributed by atoms with Crippen LogP contribution >= 0.6 is 0 Å². The van der Waals surface area contributed by atoms with Crippen molar-refractivity contribution in [2.45, 2.75) is 20.0 Å². The fourth-order valence-corrected chi connectivity index (χ4v) is 3.63. The van der Waals surface area contributed by atoms with Crippen molar-refractivity contribution in [3.63, 3.8) is 0 Å². The molecule has 0 atom stereocenters. The molecule has 1 aliphatic rings. The van der Waals surface area contributed by atoms with Crippen molar-refractivity contribution in [1.29, 1.82) is 0 Å². The molecule has 0 aliphatic carbocycles. The predicted molar refractivity (Wildman–Crippen MR) is 117 cm³/mol. The molecule has 0 spiro atoms. The quantitative estimate of drug-likeness (QED) is 0.397. The van der Waals surface area contributed by atoms with Crippen molar-refractivity contribution < 1.29 is 27.2 Å². The third-order valence-corrected chi connectivity index (χ3v) is 5.28. The lowest BCUT2D eigenvalue weighted by molar-refractivity contribution is -0.137. The highest BCUT2D eigenvalue weighted by Crippen LogP contribution is 2.36. The molecule has 4 nitrogen and oxygen atoms in total. The average Bonchev–Trinajstić information content (AvgIpc) is 3.00. The van der Waals surface area contributed by atoms with E-state index in [0.717, 1.165) is 34.7 Å². The van der Waals surface area contributed by atoms with Crippen LogP contribution in [0, 0.1) is 19.7 Å². The number of hydrogen-bond acceptors (Lipinski definition) is 3. The summed E-state index contributed by atoms with van der Waals surface area (Å²) in [4.78, 5) is 27.8. The minimum absolute atomic E-state index is 0.0107. The molecule has 33 heavy (non-hydrogen) atoms. The van der Waals surface area contributed by atoms with Gasteiger partial charge < -0.3 is 5.32 Å². The molecule has 1 N–H and O–H groups in total. The van der Waals surface area contributed by atoms with E-state index in [9.17, 15) is 27.2 Å². The largest absolute Gasteiger partial charge is 0.416 e. The molecule has 2 amide bonds. The number of carbonyl (C=O) groups is 2. The zero-order valence-corrected chi connectivity index (χ0v) is 17.6. The van der Waals surface area contributed by atoms with E-state index >= 15 is 0 Å². The number of hydrogen-bond donors (Lipinski definition) is 1. The van der Waals surface area contributed by atoms with Gasteiger partial charge in [0.1, 0.15) is 11.5 Å². The Labute approximate surface area is 187 Å². The molecule has 0 aromatic heterocycles. The highest BCUT2D eigenvalue weighted by Gasteiger charge is 2.41. The summed E-state index contributed by atoms with van der Waals surface area (Å²) in [5.74, 6) is -1.91. The first-order valence-electron chi connectivity index (χ1n) is 9.97. The second-order valence-electron chi connectivity index (χ2n) is 7.70. The number of carbonyl (C=O) groups excluding carboxylic acids is 2. The number of rotatable bonds is 4. The van der Waals surface area contributed by atoms with Gasteiger partial charge in [0.05, 0.1) is 16.8 Å². The van der Waals surface area contributed by atoms with Crippen LogP contribution in [0.3, 0.4) is 0 Å². The molecule has 3 aromatic rings. The third kappa shape index (κ3) is 4.24. The zero-order chi connectivity index (χ0) is 23.9. The van der Waals surface area contributed by atoms with Crippen LogP contribution in [0.15, 0.2) is 72.4 Å². The van der Waals surface area contributed by atoms with Gasteiger partial charge in [0.15, 0.2) is 0 Å². The van der Waals surface area contributed by atoms with Crippen molar-refractivity contribution in [2.24, 2.45) is 0 Å². The number of aryl methyl sites for hydroxylation is 2. The molecule has 4 rings (SSSR count). The number of halogens is 4. The van der Waals surface area contributed by atoms with Gasteiger partial charge in [0.25, 0.3) is 11.8 Å². The molecule has 0 bridgehead atoms. The molecule has 1 aliphatic heterocycles. The molecule has 1 heterocycles. The molecular weight excluding hydrogens is 436 g/mol. The maximum absolute atomic E-state index is 13.5. The maximum Gasteiger partial charge on any atom is 0.416 e. The summed E-state index contributed by atoms with van der Waals surface area (Å²) >= 11 is 0. The molecule has 0 radical (unpaired) electrons. The Morgan fingerprint density at radius 1 is 0.848 bits per heavy atom. The van der Waals surface area contributed by atoms with E-state index in [0.29, 0.717) is 11.3 Å². The van der Waals surface area contributed by atoms with Crippen molar-refractivity contribution in [1.82, 2.24) is 0 Å². The van der Waals surface area contributed by atoms with E-state index in [4.69, 9.17) is 0 Å². The van der Waals surface area contributed by atoms with E-state index in [1.165, 1.54) is 24.3 Å². The van der Waals surface area contributed by atoms with Crippen LogP contribution in [0.25, 0.3) is 5.57 Å². The Bertz CT molecular complexity index is 1290. The Balaban J connectivity index is 1.84. The van der Waals surface area contributed by atoms with Crippen LogP contribution < -0.4 is 10.2 Å². The minimum atomic E-state index is -4.58. The van der Waals surface area contributed by atoms with E-state index in [2.05, 4.69) is 5.32 Å². The normalized spacial score (nSPS) is 14.3. The summed E-state index contributed by atoms with van der Waals surface area (Å²) in [5, 5.41) is 2.70. The SMILES string of the molecule is Cc1ccc(C)c(N2C(=O)C(Nc3cccc(C(F)(F)F)c3)=C(c3ccc(F)cc3)C2=O)c1. The van der Waals surface area contributed by atoms with Crippen LogP contribution in [0.1, 0.15) is 22.3 Å². The van der Waals surface area contributed by atoms with E-state index < -0.39 is 29.4 Å². The number of nitrogens with one attached hydrogen (secondary N) is 1. The Kier molecular flexibility index (Phi) is 5.53. The molecule has 8 heteroatoms. The molecule has 0 unspecified atom stereocenters. The maximum atomic E-state index is 13.5. The fourth-order valence-electron chi connectivity index (χ4n) is 3.63. The van der Waals surface area contributed by atoms with Gasteiger partial charge in [-0.15, -0.1) is 0 Å². The number of imide groups is 1. The van der Waals surface area contributed by atoms with Gasteiger partial charge in [0, 0.05) is 5.69 Å². The lowest BCUT2D eigenvalue weighted by Gasteiger charge is -2.18. The van der Waals surface area contributed by atoms with Crippen LogP contribution in [0.4, 0.5) is 28.9 Å². The third-order valence-electron chi connectivity index (χ3n) is 5.28. The lowest BCUT2D eigenvalue weighted by atomic mass is 10.0. The van der Waals surface area contributed by atoms with Crippen LogP contribution in [-0.4, -0.2) is 11.8 Å². The van der Waals surface area contributed by atoms with Crippen LogP contribution in [-0.2, 0) is 15.8 Å².